The molecule has 2 aromatic rings. The fourth-order valence-corrected chi connectivity index (χ4v) is 3.03. The Bertz CT molecular complexity index is 663. The lowest BCUT2D eigenvalue weighted by atomic mass is 9.91. The van der Waals surface area contributed by atoms with Crippen LogP contribution in [0, 0.1) is 0 Å². The molecule has 1 aromatic heterocycles. The SMILES string of the molecule is Cl.NC1CCC(n2cnc3cccc(Cl)c3c2=O)CC1. The minimum Gasteiger partial charge on any atom is -0.328 e. The van der Waals surface area contributed by atoms with Crippen molar-refractivity contribution in [3.63, 3.8) is 0 Å². The summed E-state index contributed by atoms with van der Waals surface area (Å²) in [4.78, 5) is 16.9. The topological polar surface area (TPSA) is 60.9 Å². The predicted octanol–water partition coefficient (Wildman–Crippen LogP) is 2.91. The van der Waals surface area contributed by atoms with Crippen LogP contribution in [0.1, 0.15) is 31.7 Å². The van der Waals surface area contributed by atoms with Gasteiger partial charge in [0.05, 0.1) is 22.3 Å². The first kappa shape index (κ1) is 15.3. The Labute approximate surface area is 128 Å². The zero-order chi connectivity index (χ0) is 13.4. The van der Waals surface area contributed by atoms with E-state index in [2.05, 4.69) is 4.98 Å². The van der Waals surface area contributed by atoms with E-state index in [0.717, 1.165) is 25.7 Å². The van der Waals surface area contributed by atoms with Gasteiger partial charge < -0.3 is 5.73 Å². The van der Waals surface area contributed by atoms with Crippen molar-refractivity contribution in [3.8, 4) is 0 Å². The van der Waals surface area contributed by atoms with Crippen molar-refractivity contribution in [2.45, 2.75) is 37.8 Å². The Hall–Kier alpha value is -1.10. The first-order valence-corrected chi connectivity index (χ1v) is 6.95. The van der Waals surface area contributed by atoms with Gasteiger partial charge in [0.1, 0.15) is 0 Å². The lowest BCUT2D eigenvalue weighted by molar-refractivity contribution is 0.317. The van der Waals surface area contributed by atoms with Crippen LogP contribution >= 0.6 is 24.0 Å². The molecular weight excluding hydrogens is 297 g/mol. The highest BCUT2D eigenvalue weighted by atomic mass is 35.5. The van der Waals surface area contributed by atoms with Crippen LogP contribution in [-0.2, 0) is 0 Å². The molecule has 0 amide bonds. The monoisotopic (exact) mass is 313 g/mol. The van der Waals surface area contributed by atoms with Crippen LogP contribution in [0.4, 0.5) is 0 Å². The minimum atomic E-state index is -0.0453. The number of nitrogens with two attached hydrogens (primary N) is 1. The Morgan fingerprint density at radius 2 is 1.95 bits per heavy atom. The number of nitrogens with zero attached hydrogens (tertiary/aromatic N) is 2. The molecule has 20 heavy (non-hydrogen) atoms. The van der Waals surface area contributed by atoms with E-state index < -0.39 is 0 Å². The number of fused-ring (bicyclic) bond motifs is 1. The van der Waals surface area contributed by atoms with Gasteiger partial charge >= 0.3 is 0 Å². The molecule has 0 unspecified atom stereocenters. The van der Waals surface area contributed by atoms with E-state index in [1.807, 2.05) is 6.07 Å². The Morgan fingerprint density at radius 1 is 1.25 bits per heavy atom. The summed E-state index contributed by atoms with van der Waals surface area (Å²) in [6.07, 6.45) is 5.41. The van der Waals surface area contributed by atoms with Gasteiger partial charge in [-0.15, -0.1) is 12.4 Å². The standard InChI is InChI=1S/C14H16ClN3O.ClH/c15-11-2-1-3-12-13(11)14(19)18(8-17-12)10-6-4-9(16)5-7-10;/h1-3,8-10H,4-7,16H2;1H. The lowest BCUT2D eigenvalue weighted by Gasteiger charge is -2.27. The molecule has 0 radical (unpaired) electrons. The van der Waals surface area contributed by atoms with Crippen molar-refractivity contribution in [2.24, 2.45) is 5.73 Å². The van der Waals surface area contributed by atoms with Crippen LogP contribution in [0.2, 0.25) is 5.02 Å². The number of halogens is 2. The van der Waals surface area contributed by atoms with Gasteiger partial charge in [0.25, 0.3) is 5.56 Å². The summed E-state index contributed by atoms with van der Waals surface area (Å²) in [5, 5.41) is 0.985. The van der Waals surface area contributed by atoms with E-state index in [4.69, 9.17) is 17.3 Å². The van der Waals surface area contributed by atoms with Gasteiger partial charge in [-0.05, 0) is 37.8 Å². The normalized spacial score (nSPS) is 22.5. The molecule has 108 valence electrons. The van der Waals surface area contributed by atoms with Gasteiger partial charge in [0.15, 0.2) is 0 Å². The van der Waals surface area contributed by atoms with Crippen molar-refractivity contribution in [3.05, 3.63) is 39.9 Å². The van der Waals surface area contributed by atoms with Crippen LogP contribution < -0.4 is 11.3 Å². The van der Waals surface area contributed by atoms with Gasteiger partial charge in [-0.1, -0.05) is 17.7 Å². The van der Waals surface area contributed by atoms with Crippen molar-refractivity contribution in [1.82, 2.24) is 9.55 Å². The predicted molar refractivity (Wildman–Crippen MR) is 83.7 cm³/mol. The third-order valence-electron chi connectivity index (χ3n) is 3.90. The number of aromatic nitrogens is 2. The maximum atomic E-state index is 12.5. The first-order valence-electron chi connectivity index (χ1n) is 6.58. The second-order valence-electron chi connectivity index (χ2n) is 5.16. The molecule has 0 aliphatic heterocycles. The van der Waals surface area contributed by atoms with Crippen LogP contribution in [0.5, 0.6) is 0 Å². The molecule has 1 aromatic carbocycles. The Kier molecular flexibility index (Phi) is 4.68. The summed E-state index contributed by atoms with van der Waals surface area (Å²) in [6.45, 7) is 0. The molecule has 1 heterocycles. The van der Waals surface area contributed by atoms with E-state index >= 15 is 0 Å². The molecule has 0 bridgehead atoms. The summed E-state index contributed by atoms with van der Waals surface area (Å²) in [6, 6.07) is 5.81. The smallest absolute Gasteiger partial charge is 0.262 e. The highest BCUT2D eigenvalue weighted by Gasteiger charge is 2.21. The van der Waals surface area contributed by atoms with Crippen molar-refractivity contribution in [2.75, 3.05) is 0 Å². The van der Waals surface area contributed by atoms with Gasteiger partial charge in [0.2, 0.25) is 0 Å². The molecule has 1 fully saturated rings. The molecule has 1 aliphatic rings. The molecule has 4 nitrogen and oxygen atoms in total. The largest absolute Gasteiger partial charge is 0.328 e. The minimum absolute atomic E-state index is 0. The molecule has 3 rings (SSSR count). The molecule has 6 heteroatoms. The Balaban J connectivity index is 0.00000147. The molecule has 1 aliphatic carbocycles. The molecule has 0 spiro atoms. The maximum Gasteiger partial charge on any atom is 0.262 e. The molecule has 2 N–H and O–H groups in total. The van der Waals surface area contributed by atoms with Crippen molar-refractivity contribution >= 4 is 34.9 Å². The van der Waals surface area contributed by atoms with E-state index in [1.54, 1.807) is 23.0 Å². The third-order valence-corrected chi connectivity index (χ3v) is 4.21. The van der Waals surface area contributed by atoms with Crippen molar-refractivity contribution in [1.29, 1.82) is 0 Å². The number of hydrogen-bond donors (Lipinski definition) is 1. The van der Waals surface area contributed by atoms with E-state index in [0.29, 0.717) is 15.9 Å². The number of benzene rings is 1. The van der Waals surface area contributed by atoms with Gasteiger partial charge in [-0.2, -0.15) is 0 Å². The summed E-state index contributed by atoms with van der Waals surface area (Å²) < 4.78 is 1.72. The lowest BCUT2D eigenvalue weighted by Crippen LogP contribution is -2.32. The van der Waals surface area contributed by atoms with Crippen LogP contribution in [0.15, 0.2) is 29.3 Å². The number of hydrogen-bond acceptors (Lipinski definition) is 3. The Morgan fingerprint density at radius 3 is 2.65 bits per heavy atom. The van der Waals surface area contributed by atoms with E-state index in [9.17, 15) is 4.79 Å². The summed E-state index contributed by atoms with van der Waals surface area (Å²) in [5.74, 6) is 0. The highest BCUT2D eigenvalue weighted by molar-refractivity contribution is 6.35. The zero-order valence-electron chi connectivity index (χ0n) is 11.0. The average molecular weight is 314 g/mol. The summed E-state index contributed by atoms with van der Waals surface area (Å²) in [7, 11) is 0. The highest BCUT2D eigenvalue weighted by Crippen LogP contribution is 2.27. The maximum absolute atomic E-state index is 12.5. The van der Waals surface area contributed by atoms with Crippen LogP contribution in [0.25, 0.3) is 10.9 Å². The zero-order valence-corrected chi connectivity index (χ0v) is 12.5. The fraction of sp³-hybridized carbons (Fsp3) is 0.429. The second kappa shape index (κ2) is 6.12. The van der Waals surface area contributed by atoms with Gasteiger partial charge in [-0.25, -0.2) is 4.98 Å². The third kappa shape index (κ3) is 2.68. The molecule has 0 saturated heterocycles. The molecule has 1 saturated carbocycles. The average Bonchev–Trinajstić information content (AvgIpc) is 2.40. The van der Waals surface area contributed by atoms with Gasteiger partial charge in [-0.3, -0.25) is 9.36 Å². The summed E-state index contributed by atoms with van der Waals surface area (Å²) >= 11 is 6.12. The van der Waals surface area contributed by atoms with E-state index in [1.165, 1.54) is 0 Å². The summed E-state index contributed by atoms with van der Waals surface area (Å²) in [5.41, 5.74) is 6.51. The first-order chi connectivity index (χ1) is 9.16. The molecular formula is C14H17Cl2N3O. The molecule has 0 atom stereocenters. The fourth-order valence-electron chi connectivity index (χ4n) is 2.78. The van der Waals surface area contributed by atoms with E-state index in [-0.39, 0.29) is 30.0 Å². The van der Waals surface area contributed by atoms with Gasteiger partial charge in [0, 0.05) is 12.1 Å². The van der Waals surface area contributed by atoms with Crippen molar-refractivity contribution < 1.29 is 0 Å². The van der Waals surface area contributed by atoms with Crippen LogP contribution in [-0.4, -0.2) is 15.6 Å². The second-order valence-corrected chi connectivity index (χ2v) is 5.57. The number of rotatable bonds is 1. The van der Waals surface area contributed by atoms with Crippen LogP contribution in [0.3, 0.4) is 0 Å². The quantitative estimate of drug-likeness (QED) is 0.880.